The van der Waals surface area contributed by atoms with Crippen LogP contribution in [0, 0.1) is 28.3 Å². The molecule has 0 saturated heterocycles. The van der Waals surface area contributed by atoms with Crippen molar-refractivity contribution < 1.29 is 13.2 Å². The van der Waals surface area contributed by atoms with Crippen molar-refractivity contribution in [3.8, 4) is 0 Å². The van der Waals surface area contributed by atoms with Crippen molar-refractivity contribution in [2.75, 3.05) is 6.54 Å². The summed E-state index contributed by atoms with van der Waals surface area (Å²) in [6, 6.07) is 1.54. The maximum absolute atomic E-state index is 13.5. The van der Waals surface area contributed by atoms with Crippen LogP contribution >= 0.6 is 0 Å². The second-order valence-electron chi connectivity index (χ2n) is 5.58. The summed E-state index contributed by atoms with van der Waals surface area (Å²) in [4.78, 5) is 0. The van der Waals surface area contributed by atoms with Crippen molar-refractivity contribution in [3.05, 3.63) is 35.1 Å². The van der Waals surface area contributed by atoms with Gasteiger partial charge in [0.25, 0.3) is 0 Å². The standard InChI is InChI=1S/C13H16F3N/c1-12(2)6-13(12,7-17)5-8-3-10(15)11(16)4-9(8)14/h3-4H,5-7,17H2,1-2H3. The molecule has 1 aliphatic carbocycles. The lowest BCUT2D eigenvalue weighted by molar-refractivity contribution is 0.381. The average Bonchev–Trinajstić information content (AvgIpc) is 2.78. The smallest absolute Gasteiger partial charge is 0.161 e. The van der Waals surface area contributed by atoms with Gasteiger partial charge in [-0.3, -0.25) is 0 Å². The molecule has 1 unspecified atom stereocenters. The summed E-state index contributed by atoms with van der Waals surface area (Å²) in [5.74, 6) is -2.85. The van der Waals surface area contributed by atoms with E-state index in [1.807, 2.05) is 0 Å². The van der Waals surface area contributed by atoms with Crippen molar-refractivity contribution in [1.82, 2.24) is 0 Å². The number of rotatable bonds is 3. The molecule has 0 radical (unpaired) electrons. The van der Waals surface area contributed by atoms with E-state index in [1.54, 1.807) is 0 Å². The van der Waals surface area contributed by atoms with Crippen LogP contribution in [0.2, 0.25) is 0 Å². The van der Waals surface area contributed by atoms with Gasteiger partial charge in [-0.2, -0.15) is 0 Å². The predicted molar refractivity (Wildman–Crippen MR) is 59.9 cm³/mol. The molecule has 1 aromatic rings. The zero-order valence-corrected chi connectivity index (χ0v) is 9.99. The maximum atomic E-state index is 13.5. The maximum Gasteiger partial charge on any atom is 0.161 e. The van der Waals surface area contributed by atoms with Crippen LogP contribution in [-0.2, 0) is 6.42 Å². The van der Waals surface area contributed by atoms with Gasteiger partial charge in [0.1, 0.15) is 5.82 Å². The molecule has 0 aliphatic heterocycles. The van der Waals surface area contributed by atoms with Crippen LogP contribution in [0.4, 0.5) is 13.2 Å². The first kappa shape index (κ1) is 12.4. The Morgan fingerprint density at radius 3 is 2.12 bits per heavy atom. The van der Waals surface area contributed by atoms with E-state index in [0.717, 1.165) is 12.5 Å². The molecule has 2 N–H and O–H groups in total. The number of benzene rings is 1. The molecule has 94 valence electrons. The topological polar surface area (TPSA) is 26.0 Å². The molecular weight excluding hydrogens is 227 g/mol. The summed E-state index contributed by atoms with van der Waals surface area (Å²) in [6.45, 7) is 4.54. The van der Waals surface area contributed by atoms with Crippen LogP contribution in [0.25, 0.3) is 0 Å². The number of hydrogen-bond acceptors (Lipinski definition) is 1. The Morgan fingerprint density at radius 1 is 1.12 bits per heavy atom. The van der Waals surface area contributed by atoms with E-state index in [-0.39, 0.29) is 16.4 Å². The molecule has 4 heteroatoms. The largest absolute Gasteiger partial charge is 0.330 e. The van der Waals surface area contributed by atoms with E-state index in [9.17, 15) is 13.2 Å². The van der Waals surface area contributed by atoms with Crippen LogP contribution in [0.3, 0.4) is 0 Å². The average molecular weight is 243 g/mol. The van der Waals surface area contributed by atoms with Gasteiger partial charge in [0.05, 0.1) is 0 Å². The van der Waals surface area contributed by atoms with Crippen LogP contribution in [-0.4, -0.2) is 6.54 Å². The van der Waals surface area contributed by atoms with Gasteiger partial charge in [-0.05, 0) is 41.8 Å². The Bertz CT molecular complexity index is 456. The third kappa shape index (κ3) is 1.95. The minimum absolute atomic E-state index is 0.0407. The zero-order chi connectivity index (χ0) is 12.8. The van der Waals surface area contributed by atoms with Gasteiger partial charge >= 0.3 is 0 Å². The van der Waals surface area contributed by atoms with Gasteiger partial charge < -0.3 is 5.73 Å². The highest BCUT2D eigenvalue weighted by atomic mass is 19.2. The molecule has 0 aromatic heterocycles. The highest BCUT2D eigenvalue weighted by Gasteiger charge is 2.59. The summed E-state index contributed by atoms with van der Waals surface area (Å²) < 4.78 is 39.4. The SMILES string of the molecule is CC1(C)CC1(CN)Cc1cc(F)c(F)cc1F. The third-order valence-corrected chi connectivity index (χ3v) is 4.10. The molecular formula is C13H16F3N. The predicted octanol–water partition coefficient (Wildman–Crippen LogP) is 3.02. The second-order valence-corrected chi connectivity index (χ2v) is 5.58. The highest BCUT2D eigenvalue weighted by Crippen LogP contribution is 2.64. The fraction of sp³-hybridized carbons (Fsp3) is 0.538. The van der Waals surface area contributed by atoms with Gasteiger partial charge in [0.15, 0.2) is 11.6 Å². The van der Waals surface area contributed by atoms with Crippen LogP contribution in [0.5, 0.6) is 0 Å². The van der Waals surface area contributed by atoms with Crippen LogP contribution in [0.15, 0.2) is 12.1 Å². The van der Waals surface area contributed by atoms with Crippen molar-refractivity contribution in [2.45, 2.75) is 26.7 Å². The first-order chi connectivity index (χ1) is 7.81. The summed E-state index contributed by atoms with van der Waals surface area (Å²) >= 11 is 0. The first-order valence-electron chi connectivity index (χ1n) is 5.65. The molecule has 17 heavy (non-hydrogen) atoms. The molecule has 0 bridgehead atoms. The fourth-order valence-electron chi connectivity index (χ4n) is 2.59. The summed E-state index contributed by atoms with van der Waals surface area (Å²) in [5, 5.41) is 0. The molecule has 0 amide bonds. The molecule has 0 spiro atoms. The van der Waals surface area contributed by atoms with E-state index >= 15 is 0 Å². The summed E-state index contributed by atoms with van der Waals surface area (Å²) in [5.41, 5.74) is 5.79. The fourth-order valence-corrected chi connectivity index (χ4v) is 2.59. The molecule has 1 saturated carbocycles. The number of hydrogen-bond donors (Lipinski definition) is 1. The van der Waals surface area contributed by atoms with Crippen molar-refractivity contribution >= 4 is 0 Å². The molecule has 1 nitrogen and oxygen atoms in total. The normalized spacial score (nSPS) is 26.0. The molecule has 2 rings (SSSR count). The summed E-state index contributed by atoms with van der Waals surface area (Å²) in [7, 11) is 0. The van der Waals surface area contributed by atoms with Gasteiger partial charge in [0.2, 0.25) is 0 Å². The lowest BCUT2D eigenvalue weighted by Gasteiger charge is -2.18. The second kappa shape index (κ2) is 3.73. The van der Waals surface area contributed by atoms with Crippen molar-refractivity contribution in [3.63, 3.8) is 0 Å². The number of nitrogens with two attached hydrogens (primary N) is 1. The third-order valence-electron chi connectivity index (χ3n) is 4.10. The molecule has 1 atom stereocenters. The minimum Gasteiger partial charge on any atom is -0.330 e. The lowest BCUT2D eigenvalue weighted by Crippen LogP contribution is -2.24. The van der Waals surface area contributed by atoms with Gasteiger partial charge in [-0.25, -0.2) is 13.2 Å². The molecule has 0 heterocycles. The Hall–Kier alpha value is -1.03. The van der Waals surface area contributed by atoms with Crippen molar-refractivity contribution in [1.29, 1.82) is 0 Å². The quantitative estimate of drug-likeness (QED) is 0.811. The van der Waals surface area contributed by atoms with Crippen LogP contribution in [0.1, 0.15) is 25.8 Å². The number of halogens is 3. The van der Waals surface area contributed by atoms with Gasteiger partial charge in [-0.1, -0.05) is 13.8 Å². The van der Waals surface area contributed by atoms with Crippen LogP contribution < -0.4 is 5.73 Å². The minimum atomic E-state index is -1.15. The Kier molecular flexibility index (Phi) is 2.73. The Balaban J connectivity index is 2.29. The highest BCUT2D eigenvalue weighted by molar-refractivity contribution is 5.25. The van der Waals surface area contributed by atoms with E-state index in [0.29, 0.717) is 19.0 Å². The monoisotopic (exact) mass is 243 g/mol. The van der Waals surface area contributed by atoms with Gasteiger partial charge in [0, 0.05) is 6.07 Å². The molecule has 1 aromatic carbocycles. The zero-order valence-electron chi connectivity index (χ0n) is 9.99. The Labute approximate surface area is 98.8 Å². The van der Waals surface area contributed by atoms with E-state index in [1.165, 1.54) is 0 Å². The van der Waals surface area contributed by atoms with Gasteiger partial charge in [-0.15, -0.1) is 0 Å². The molecule has 1 aliphatic rings. The van der Waals surface area contributed by atoms with Crippen molar-refractivity contribution in [2.24, 2.45) is 16.6 Å². The van der Waals surface area contributed by atoms with E-state index in [4.69, 9.17) is 5.73 Å². The summed E-state index contributed by atoms with van der Waals surface area (Å²) in [6.07, 6.45) is 1.24. The van der Waals surface area contributed by atoms with E-state index in [2.05, 4.69) is 13.8 Å². The Morgan fingerprint density at radius 2 is 1.65 bits per heavy atom. The van der Waals surface area contributed by atoms with E-state index < -0.39 is 17.5 Å². The first-order valence-corrected chi connectivity index (χ1v) is 5.65. The molecule has 1 fully saturated rings. The lowest BCUT2D eigenvalue weighted by atomic mass is 9.88.